The molecular weight excluding hydrogens is 236 g/mol. The van der Waals surface area contributed by atoms with E-state index in [1.165, 1.54) is 0 Å². The fourth-order valence-electron chi connectivity index (χ4n) is 0. The number of nitrogens with two attached hydrogens (primary N) is 1. The van der Waals surface area contributed by atoms with Crippen LogP contribution < -0.4 is 64.3 Å². The monoisotopic (exact) mass is 239 g/mol. The Balaban J connectivity index is -0.0000000457. The zero-order chi connectivity index (χ0) is 9.00. The molecule has 0 rings (SSSR count). The predicted octanol–water partition coefficient (Wildman–Crippen LogP) is -8.58. The minimum atomic E-state index is -5.17. The van der Waals surface area contributed by atoms with E-state index in [0.29, 0.717) is 0 Å². The first-order chi connectivity index (χ1) is 4.00. The van der Waals surface area contributed by atoms with E-state index < -0.39 is 20.7 Å². The summed E-state index contributed by atoms with van der Waals surface area (Å²) in [7, 11) is -9.33. The Morgan fingerprint density at radius 3 is 1.00 bits per heavy atom. The minimum Gasteiger partial charge on any atom is -0.759 e. The van der Waals surface area contributed by atoms with Crippen molar-refractivity contribution < 1.29 is 89.6 Å². The van der Waals surface area contributed by atoms with Crippen molar-refractivity contribution >= 4 is 20.7 Å². The fraction of sp³-hybridized carbons (Fsp3) is 0. The number of hydrogen-bond acceptors (Lipinski definition) is 6. The third-order valence-electron chi connectivity index (χ3n) is 0. The summed E-state index contributed by atoms with van der Waals surface area (Å²) in [6.45, 7) is 0. The summed E-state index contributed by atoms with van der Waals surface area (Å²) < 4.78 is 59.3. The summed E-state index contributed by atoms with van der Waals surface area (Å²) in [6, 6.07) is 0. The number of hydrogen-bond donors (Lipinski definition) is 2. The van der Waals surface area contributed by atoms with Crippen molar-refractivity contribution in [2.75, 3.05) is 0 Å². The van der Waals surface area contributed by atoms with Gasteiger partial charge in [0.1, 0.15) is 0 Å². The van der Waals surface area contributed by atoms with Crippen LogP contribution >= 0.6 is 0 Å². The Bertz CT molecular complexity index is 216. The van der Waals surface area contributed by atoms with Gasteiger partial charge in [0.05, 0.1) is 0 Å². The van der Waals surface area contributed by atoms with Gasteiger partial charge in [-0.25, -0.2) is 5.14 Å². The van der Waals surface area contributed by atoms with E-state index in [2.05, 4.69) is 5.14 Å². The van der Waals surface area contributed by atoms with Crippen molar-refractivity contribution in [3.05, 3.63) is 0 Å². The zero-order valence-corrected chi connectivity index (χ0v) is 11.9. The molecule has 64 valence electrons. The average Bonchev–Trinajstić information content (AvgIpc) is 1.12. The van der Waals surface area contributed by atoms with Crippen LogP contribution in [-0.4, -0.2) is 30.5 Å². The van der Waals surface area contributed by atoms with Crippen LogP contribution in [-0.2, 0) is 20.7 Å². The first-order valence-electron chi connectivity index (χ1n) is 1.42. The molecule has 0 aliphatic heterocycles. The van der Waals surface area contributed by atoms with Crippen LogP contribution in [0.5, 0.6) is 0 Å². The third-order valence-corrected chi connectivity index (χ3v) is 0. The van der Waals surface area contributed by atoms with Crippen LogP contribution in [0.4, 0.5) is 0 Å². The summed E-state index contributed by atoms with van der Waals surface area (Å²) in [5.41, 5.74) is 0. The van der Waals surface area contributed by atoms with Gasteiger partial charge in [0.25, 0.3) is 0 Å². The molecule has 0 bridgehead atoms. The fourth-order valence-corrected chi connectivity index (χ4v) is 0. The van der Waals surface area contributed by atoms with Crippen molar-refractivity contribution in [1.29, 1.82) is 0 Å². The smallest absolute Gasteiger partial charge is 0.759 e. The Hall–Kier alpha value is 1.74. The Morgan fingerprint density at radius 1 is 1.00 bits per heavy atom. The SMILES string of the molecule is NS(=O)(=O)O.O=S(=O)([O-])[O-].[Na+].[Na+]. The van der Waals surface area contributed by atoms with Crippen molar-refractivity contribution in [3.8, 4) is 0 Å². The van der Waals surface area contributed by atoms with Crippen LogP contribution in [0.2, 0.25) is 0 Å². The Morgan fingerprint density at radius 2 is 1.00 bits per heavy atom. The Labute approximate surface area is 114 Å². The minimum absolute atomic E-state index is 0. The standard InChI is InChI=1S/H3NO3S.2Na.H2O4S/c1-5(2,3)4;;;1-5(2,3)4/h(H3,1,2,3,4);;;(H2,1,2,3,4)/q;2*+1;/p-2. The van der Waals surface area contributed by atoms with Crippen molar-refractivity contribution in [2.45, 2.75) is 0 Å². The van der Waals surface area contributed by atoms with Crippen molar-refractivity contribution in [2.24, 2.45) is 5.14 Å². The first-order valence-corrected chi connectivity index (χ1v) is 4.25. The van der Waals surface area contributed by atoms with Crippen LogP contribution in [0.15, 0.2) is 0 Å². The number of rotatable bonds is 0. The van der Waals surface area contributed by atoms with Gasteiger partial charge in [-0.05, 0) is 0 Å². The molecule has 8 nitrogen and oxygen atoms in total. The van der Waals surface area contributed by atoms with Gasteiger partial charge in [-0.3, -0.25) is 13.0 Å². The van der Waals surface area contributed by atoms with Crippen LogP contribution in [0, 0.1) is 0 Å². The van der Waals surface area contributed by atoms with Gasteiger partial charge in [0.15, 0.2) is 0 Å². The molecule has 0 fully saturated rings. The van der Waals surface area contributed by atoms with Gasteiger partial charge in [0.2, 0.25) is 0 Å². The molecule has 0 unspecified atom stereocenters. The van der Waals surface area contributed by atoms with Crippen LogP contribution in [0.25, 0.3) is 0 Å². The van der Waals surface area contributed by atoms with E-state index in [1.54, 1.807) is 0 Å². The molecule has 0 radical (unpaired) electrons. The molecule has 0 amide bonds. The molecule has 0 spiro atoms. The van der Waals surface area contributed by atoms with Crippen LogP contribution in [0.1, 0.15) is 0 Å². The summed E-state index contributed by atoms with van der Waals surface area (Å²) >= 11 is 0. The van der Waals surface area contributed by atoms with Crippen molar-refractivity contribution in [1.82, 2.24) is 0 Å². The van der Waals surface area contributed by atoms with Gasteiger partial charge in [-0.2, -0.15) is 8.42 Å². The molecule has 0 atom stereocenters. The van der Waals surface area contributed by atoms with E-state index in [4.69, 9.17) is 30.5 Å². The molecule has 0 aromatic heterocycles. The molecule has 0 aromatic rings. The predicted molar refractivity (Wildman–Crippen MR) is 26.2 cm³/mol. The van der Waals surface area contributed by atoms with Gasteiger partial charge < -0.3 is 9.11 Å². The second-order valence-corrected chi connectivity index (χ2v) is 2.77. The molecular formula is H3NNa2O7S2. The van der Waals surface area contributed by atoms with Gasteiger partial charge >= 0.3 is 69.4 Å². The van der Waals surface area contributed by atoms with Gasteiger partial charge in [-0.1, -0.05) is 0 Å². The second kappa shape index (κ2) is 9.30. The molecule has 3 N–H and O–H groups in total. The van der Waals surface area contributed by atoms with E-state index >= 15 is 0 Å². The summed E-state index contributed by atoms with van der Waals surface area (Å²) in [4.78, 5) is 0. The molecule has 0 aliphatic rings. The third kappa shape index (κ3) is 447. The van der Waals surface area contributed by atoms with Crippen molar-refractivity contribution in [3.63, 3.8) is 0 Å². The maximum absolute atomic E-state index is 8.97. The summed E-state index contributed by atoms with van der Waals surface area (Å²) in [5.74, 6) is 0. The molecule has 0 aliphatic carbocycles. The summed E-state index contributed by atoms with van der Waals surface area (Å²) in [5, 5.41) is 3.88. The first kappa shape index (κ1) is 23.5. The Kier molecular flexibility index (Phi) is 18.2. The molecule has 12 heteroatoms. The second-order valence-electron chi connectivity index (χ2n) is 0.923. The summed E-state index contributed by atoms with van der Waals surface area (Å²) in [6.07, 6.45) is 0. The molecule has 0 heterocycles. The largest absolute Gasteiger partial charge is 1.00 e. The molecule has 0 saturated heterocycles. The maximum atomic E-state index is 8.97. The van der Waals surface area contributed by atoms with E-state index in [0.717, 1.165) is 0 Å². The maximum Gasteiger partial charge on any atom is 1.00 e. The zero-order valence-electron chi connectivity index (χ0n) is 6.29. The van der Waals surface area contributed by atoms with E-state index in [9.17, 15) is 0 Å². The molecule has 0 saturated carbocycles. The molecule has 0 aromatic carbocycles. The normalized spacial score (nSPS) is 9.67. The van der Waals surface area contributed by atoms with Gasteiger partial charge in [0, 0.05) is 10.4 Å². The quantitative estimate of drug-likeness (QED) is 0.241. The topological polar surface area (TPSA) is 161 Å². The van der Waals surface area contributed by atoms with Crippen LogP contribution in [0.3, 0.4) is 0 Å². The van der Waals surface area contributed by atoms with E-state index in [-0.39, 0.29) is 59.1 Å². The van der Waals surface area contributed by atoms with Gasteiger partial charge in [-0.15, -0.1) is 0 Å². The van der Waals surface area contributed by atoms with E-state index in [1.807, 2.05) is 0 Å². The average molecular weight is 239 g/mol. The molecule has 12 heavy (non-hydrogen) atoms.